The average Bonchev–Trinajstić information content (AvgIpc) is 3.32. The van der Waals surface area contributed by atoms with E-state index < -0.39 is 11.7 Å². The van der Waals surface area contributed by atoms with Crippen molar-refractivity contribution < 1.29 is 22.5 Å². The van der Waals surface area contributed by atoms with Crippen LogP contribution in [0.15, 0.2) is 10.6 Å². The predicted octanol–water partition coefficient (Wildman–Crippen LogP) is 4.70. The first-order valence-electron chi connectivity index (χ1n) is 10.5. The van der Waals surface area contributed by atoms with Crippen LogP contribution in [0.3, 0.4) is 0 Å². The van der Waals surface area contributed by atoms with E-state index in [9.17, 15) is 18.0 Å². The first-order valence-corrected chi connectivity index (χ1v) is 10.5. The van der Waals surface area contributed by atoms with Gasteiger partial charge in [-0.2, -0.15) is 13.2 Å². The van der Waals surface area contributed by atoms with Crippen LogP contribution in [0.5, 0.6) is 0 Å². The summed E-state index contributed by atoms with van der Waals surface area (Å²) in [6, 6.07) is 1.10. The van der Waals surface area contributed by atoms with Gasteiger partial charge in [0.05, 0.1) is 16.6 Å². The van der Waals surface area contributed by atoms with Crippen molar-refractivity contribution in [3.8, 4) is 0 Å². The SMILES string of the molecule is CCc1cc(C(F)(F)F)c2c(C3CCN(C(=O)C4CC45CCC5)CC3)noc2n1. The molecule has 156 valence electrons. The van der Waals surface area contributed by atoms with E-state index in [1.54, 1.807) is 6.92 Å². The topological polar surface area (TPSA) is 59.2 Å². The summed E-state index contributed by atoms with van der Waals surface area (Å²) in [6.45, 7) is 2.88. The maximum Gasteiger partial charge on any atom is 0.417 e. The predicted molar refractivity (Wildman–Crippen MR) is 99.1 cm³/mol. The van der Waals surface area contributed by atoms with Gasteiger partial charge >= 0.3 is 6.18 Å². The van der Waals surface area contributed by atoms with Crippen LogP contribution in [0.25, 0.3) is 11.1 Å². The molecule has 3 aliphatic rings. The van der Waals surface area contributed by atoms with Crippen molar-refractivity contribution in [2.45, 2.75) is 64.0 Å². The lowest BCUT2D eigenvalue weighted by atomic mass is 9.79. The third kappa shape index (κ3) is 3.02. The van der Waals surface area contributed by atoms with Gasteiger partial charge in [0.15, 0.2) is 0 Å². The second kappa shape index (κ2) is 6.44. The number of likely N-dealkylation sites (tertiary alicyclic amines) is 1. The maximum absolute atomic E-state index is 13.7. The monoisotopic (exact) mass is 407 g/mol. The third-order valence-electron chi connectivity index (χ3n) is 7.22. The average molecular weight is 407 g/mol. The van der Waals surface area contributed by atoms with Crippen molar-refractivity contribution in [2.75, 3.05) is 13.1 Å². The molecule has 0 N–H and O–H groups in total. The molecular weight excluding hydrogens is 383 g/mol. The molecule has 29 heavy (non-hydrogen) atoms. The Morgan fingerprint density at radius 2 is 2.03 bits per heavy atom. The number of pyridine rings is 1. The van der Waals surface area contributed by atoms with Gasteiger partial charge in [-0.1, -0.05) is 18.5 Å². The number of halogens is 3. The Bertz CT molecular complexity index is 956. The summed E-state index contributed by atoms with van der Waals surface area (Å²) in [5.74, 6) is 0.250. The van der Waals surface area contributed by atoms with Crippen LogP contribution in [-0.2, 0) is 17.4 Å². The largest absolute Gasteiger partial charge is 0.417 e. The van der Waals surface area contributed by atoms with Crippen LogP contribution < -0.4 is 0 Å². The molecule has 1 spiro atoms. The lowest BCUT2D eigenvalue weighted by molar-refractivity contribution is -0.136. The van der Waals surface area contributed by atoms with Crippen molar-refractivity contribution in [1.82, 2.24) is 15.0 Å². The van der Waals surface area contributed by atoms with Crippen molar-refractivity contribution in [3.05, 3.63) is 23.0 Å². The van der Waals surface area contributed by atoms with E-state index in [0.29, 0.717) is 49.2 Å². The Morgan fingerprint density at radius 1 is 1.31 bits per heavy atom. The first kappa shape index (κ1) is 18.9. The molecular formula is C21H24F3N3O2. The minimum atomic E-state index is -4.49. The number of aromatic nitrogens is 2. The molecule has 0 aromatic carbocycles. The fourth-order valence-electron chi connectivity index (χ4n) is 5.18. The number of fused-ring (bicyclic) bond motifs is 1. The molecule has 1 aliphatic heterocycles. The van der Waals surface area contributed by atoms with Gasteiger partial charge in [0.25, 0.3) is 5.71 Å². The van der Waals surface area contributed by atoms with Gasteiger partial charge in [0.1, 0.15) is 0 Å². The van der Waals surface area contributed by atoms with E-state index in [1.165, 1.54) is 6.42 Å². The molecule has 1 saturated heterocycles. The zero-order valence-electron chi connectivity index (χ0n) is 16.4. The van der Waals surface area contributed by atoms with E-state index in [1.807, 2.05) is 4.90 Å². The molecule has 5 nitrogen and oxygen atoms in total. The smallest absolute Gasteiger partial charge is 0.342 e. The maximum atomic E-state index is 13.7. The third-order valence-corrected chi connectivity index (χ3v) is 7.22. The molecule has 8 heteroatoms. The molecule has 2 saturated carbocycles. The first-order chi connectivity index (χ1) is 13.8. The zero-order chi connectivity index (χ0) is 20.4. The summed E-state index contributed by atoms with van der Waals surface area (Å²) in [7, 11) is 0. The second-order valence-corrected chi connectivity index (χ2v) is 8.83. The number of piperidine rings is 1. The number of alkyl halides is 3. The highest BCUT2D eigenvalue weighted by Crippen LogP contribution is 2.66. The van der Waals surface area contributed by atoms with E-state index >= 15 is 0 Å². The molecule has 1 atom stereocenters. The Morgan fingerprint density at radius 3 is 2.59 bits per heavy atom. The molecule has 2 aliphatic carbocycles. The molecule has 3 heterocycles. The molecule has 0 radical (unpaired) electrons. The van der Waals surface area contributed by atoms with Gasteiger partial charge in [-0.3, -0.25) is 4.79 Å². The standard InChI is InChI=1S/C21H24F3N3O2/c1-2-13-10-14(21(22,23)24)16-17(26-29-18(16)25-13)12-4-8-27(9-5-12)19(28)15-11-20(15)6-3-7-20/h10,12,15H,2-9,11H2,1H3. The Hall–Kier alpha value is -2.12. The van der Waals surface area contributed by atoms with E-state index in [4.69, 9.17) is 4.52 Å². The van der Waals surface area contributed by atoms with Gasteiger partial charge in [0, 0.05) is 30.6 Å². The summed E-state index contributed by atoms with van der Waals surface area (Å²) in [4.78, 5) is 18.9. The quantitative estimate of drug-likeness (QED) is 0.740. The minimum Gasteiger partial charge on any atom is -0.342 e. The van der Waals surface area contributed by atoms with Crippen LogP contribution in [0.1, 0.15) is 68.3 Å². The van der Waals surface area contributed by atoms with Crippen molar-refractivity contribution in [2.24, 2.45) is 11.3 Å². The minimum absolute atomic E-state index is 0.0184. The summed E-state index contributed by atoms with van der Waals surface area (Å²) >= 11 is 0. The molecule has 1 amide bonds. The van der Waals surface area contributed by atoms with Crippen LogP contribution in [0, 0.1) is 11.3 Å². The Balaban J connectivity index is 1.36. The number of carbonyl (C=O) groups excluding carboxylic acids is 1. The highest BCUT2D eigenvalue weighted by atomic mass is 19.4. The molecule has 3 fully saturated rings. The number of nitrogens with zero attached hydrogens (tertiary/aromatic N) is 3. The Labute approximate surface area is 166 Å². The number of rotatable bonds is 3. The van der Waals surface area contributed by atoms with Crippen LogP contribution in [0.4, 0.5) is 13.2 Å². The fourth-order valence-corrected chi connectivity index (χ4v) is 5.18. The van der Waals surface area contributed by atoms with E-state index in [0.717, 1.165) is 25.3 Å². The number of aryl methyl sites for hydroxylation is 1. The lowest BCUT2D eigenvalue weighted by Crippen LogP contribution is -2.40. The highest BCUT2D eigenvalue weighted by molar-refractivity contribution is 5.83. The summed E-state index contributed by atoms with van der Waals surface area (Å²) in [6.07, 6.45) is 1.65. The fraction of sp³-hybridized carbons (Fsp3) is 0.667. The van der Waals surface area contributed by atoms with Crippen molar-refractivity contribution in [3.63, 3.8) is 0 Å². The number of hydrogen-bond acceptors (Lipinski definition) is 4. The molecule has 1 unspecified atom stereocenters. The summed E-state index contributed by atoms with van der Waals surface area (Å²) in [5.41, 5.74) is 0.188. The van der Waals surface area contributed by atoms with Gasteiger partial charge in [-0.25, -0.2) is 4.98 Å². The highest BCUT2D eigenvalue weighted by Gasteiger charge is 2.61. The van der Waals surface area contributed by atoms with Crippen molar-refractivity contribution in [1.29, 1.82) is 0 Å². The Kier molecular flexibility index (Phi) is 4.19. The van der Waals surface area contributed by atoms with Crippen LogP contribution in [0.2, 0.25) is 0 Å². The number of amides is 1. The van der Waals surface area contributed by atoms with E-state index in [2.05, 4.69) is 10.1 Å². The lowest BCUT2D eigenvalue weighted by Gasteiger charge is -2.33. The second-order valence-electron chi connectivity index (χ2n) is 8.83. The van der Waals surface area contributed by atoms with E-state index in [-0.39, 0.29) is 28.8 Å². The van der Waals surface area contributed by atoms with Crippen molar-refractivity contribution >= 4 is 17.0 Å². The van der Waals surface area contributed by atoms with Crippen LogP contribution in [-0.4, -0.2) is 34.0 Å². The number of carbonyl (C=O) groups is 1. The summed E-state index contributed by atoms with van der Waals surface area (Å²) in [5, 5.41) is 3.97. The molecule has 2 aromatic heterocycles. The van der Waals surface area contributed by atoms with Gasteiger partial charge in [0.2, 0.25) is 5.91 Å². The molecule has 2 aromatic rings. The van der Waals surface area contributed by atoms with Gasteiger partial charge < -0.3 is 9.42 Å². The van der Waals surface area contributed by atoms with Crippen LogP contribution >= 0.6 is 0 Å². The number of hydrogen-bond donors (Lipinski definition) is 0. The van der Waals surface area contributed by atoms with Gasteiger partial charge in [-0.15, -0.1) is 0 Å². The normalized spacial score (nSPS) is 24.1. The molecule has 5 rings (SSSR count). The summed E-state index contributed by atoms with van der Waals surface area (Å²) < 4.78 is 46.3. The van der Waals surface area contributed by atoms with Gasteiger partial charge in [-0.05, 0) is 50.0 Å². The molecule has 0 bridgehead atoms. The zero-order valence-corrected chi connectivity index (χ0v) is 16.4.